The first-order valence-electron chi connectivity index (χ1n) is 8.50. The van der Waals surface area contributed by atoms with Crippen molar-refractivity contribution in [1.82, 2.24) is 5.43 Å². The van der Waals surface area contributed by atoms with Crippen LogP contribution in [-0.2, 0) is 4.79 Å². The molecule has 0 spiro atoms. The van der Waals surface area contributed by atoms with E-state index in [0.29, 0.717) is 27.0 Å². The van der Waals surface area contributed by atoms with Crippen LogP contribution in [0.15, 0.2) is 65.8 Å². The van der Waals surface area contributed by atoms with Gasteiger partial charge in [0.25, 0.3) is 5.91 Å². The summed E-state index contributed by atoms with van der Waals surface area (Å²) in [6.45, 7) is 1.66. The molecule has 3 aromatic rings. The number of anilines is 1. The fraction of sp³-hybridized carbons (Fsp3) is 0.0952. The lowest BCUT2D eigenvalue weighted by atomic mass is 10.0. The molecule has 0 fully saturated rings. The Morgan fingerprint density at radius 2 is 1.71 bits per heavy atom. The van der Waals surface area contributed by atoms with E-state index in [1.165, 1.54) is 0 Å². The number of rotatable bonds is 5. The second-order valence-electron chi connectivity index (χ2n) is 6.17. The topological polar surface area (TPSA) is 70.6 Å². The van der Waals surface area contributed by atoms with Crippen LogP contribution in [0, 0.1) is 0 Å². The minimum atomic E-state index is -0.332. The summed E-state index contributed by atoms with van der Waals surface area (Å²) in [4.78, 5) is 24.6. The summed E-state index contributed by atoms with van der Waals surface area (Å²) in [5.74, 6) is -0.611. The third-order valence-corrected chi connectivity index (χ3v) is 4.74. The predicted octanol–water partition coefficient (Wildman–Crippen LogP) is 5.28. The van der Waals surface area contributed by atoms with Crippen molar-refractivity contribution in [1.29, 1.82) is 0 Å². The number of amides is 2. The third-order valence-electron chi connectivity index (χ3n) is 4.00. The number of nitrogens with zero attached hydrogens (tertiary/aromatic N) is 1. The largest absolute Gasteiger partial charge is 0.326 e. The summed E-state index contributed by atoms with van der Waals surface area (Å²) < 4.78 is 0. The first-order chi connectivity index (χ1) is 13.4. The van der Waals surface area contributed by atoms with Crippen molar-refractivity contribution in [3.8, 4) is 0 Å². The average Bonchev–Trinajstić information content (AvgIpc) is 2.68. The molecule has 0 radical (unpaired) electrons. The molecule has 0 bridgehead atoms. The highest BCUT2D eigenvalue weighted by Gasteiger charge is 2.10. The molecule has 2 N–H and O–H groups in total. The van der Waals surface area contributed by atoms with Crippen LogP contribution in [0.4, 0.5) is 5.69 Å². The molecule has 3 aromatic carbocycles. The van der Waals surface area contributed by atoms with Gasteiger partial charge in [-0.2, -0.15) is 5.10 Å². The second kappa shape index (κ2) is 8.87. The van der Waals surface area contributed by atoms with Gasteiger partial charge in [0.2, 0.25) is 5.91 Å². The zero-order chi connectivity index (χ0) is 20.1. The molecule has 0 aliphatic carbocycles. The molecule has 0 aliphatic rings. The Morgan fingerprint density at radius 3 is 2.50 bits per heavy atom. The Kier molecular flexibility index (Phi) is 6.29. The molecule has 0 heterocycles. The van der Waals surface area contributed by atoms with Crippen molar-refractivity contribution < 1.29 is 9.59 Å². The molecular formula is C21H17Cl2N3O2. The lowest BCUT2D eigenvalue weighted by Crippen LogP contribution is -2.21. The fourth-order valence-electron chi connectivity index (χ4n) is 2.68. The number of hydrogen-bond acceptors (Lipinski definition) is 3. The van der Waals surface area contributed by atoms with Gasteiger partial charge in [-0.05, 0) is 42.0 Å². The molecule has 0 saturated carbocycles. The van der Waals surface area contributed by atoms with Gasteiger partial charge in [0.15, 0.2) is 0 Å². The van der Waals surface area contributed by atoms with Crippen LogP contribution in [0.1, 0.15) is 23.7 Å². The van der Waals surface area contributed by atoms with E-state index in [1.54, 1.807) is 31.2 Å². The number of carbonyl (C=O) groups is 2. The SMILES string of the molecule is CC(CC(=O)Nc1ccc(Cl)c(Cl)c1)=NNC(=O)c1cccc2ccccc12. The van der Waals surface area contributed by atoms with Crippen molar-refractivity contribution in [2.24, 2.45) is 5.10 Å². The minimum absolute atomic E-state index is 0.0239. The molecule has 0 aliphatic heterocycles. The van der Waals surface area contributed by atoms with Gasteiger partial charge < -0.3 is 5.32 Å². The summed E-state index contributed by atoms with van der Waals surface area (Å²) in [6.07, 6.45) is 0.0239. The summed E-state index contributed by atoms with van der Waals surface area (Å²) in [5, 5.41) is 9.31. The van der Waals surface area contributed by atoms with Crippen molar-refractivity contribution in [3.63, 3.8) is 0 Å². The van der Waals surface area contributed by atoms with E-state index >= 15 is 0 Å². The number of carbonyl (C=O) groups excluding carboxylic acids is 2. The molecule has 0 unspecified atom stereocenters. The van der Waals surface area contributed by atoms with Crippen LogP contribution in [0.25, 0.3) is 10.8 Å². The average molecular weight is 414 g/mol. The lowest BCUT2D eigenvalue weighted by molar-refractivity contribution is -0.115. The van der Waals surface area contributed by atoms with Crippen molar-refractivity contribution in [3.05, 3.63) is 76.3 Å². The van der Waals surface area contributed by atoms with Gasteiger partial charge in [0, 0.05) is 17.0 Å². The highest BCUT2D eigenvalue weighted by molar-refractivity contribution is 6.42. The van der Waals surface area contributed by atoms with Gasteiger partial charge in [-0.3, -0.25) is 9.59 Å². The minimum Gasteiger partial charge on any atom is -0.326 e. The normalized spacial score (nSPS) is 11.3. The highest BCUT2D eigenvalue weighted by Crippen LogP contribution is 2.25. The zero-order valence-electron chi connectivity index (χ0n) is 15.0. The van der Waals surface area contributed by atoms with E-state index < -0.39 is 0 Å². The van der Waals surface area contributed by atoms with Crippen LogP contribution in [0.5, 0.6) is 0 Å². The Labute approximate surface area is 172 Å². The summed E-state index contributed by atoms with van der Waals surface area (Å²) in [5.41, 5.74) is 4.03. The van der Waals surface area contributed by atoms with Gasteiger partial charge in [0.05, 0.1) is 16.5 Å². The third kappa shape index (κ3) is 4.88. The van der Waals surface area contributed by atoms with Crippen molar-refractivity contribution in [2.45, 2.75) is 13.3 Å². The summed E-state index contributed by atoms with van der Waals surface area (Å²) in [6, 6.07) is 17.9. The van der Waals surface area contributed by atoms with E-state index in [1.807, 2.05) is 36.4 Å². The van der Waals surface area contributed by atoms with Gasteiger partial charge in [-0.15, -0.1) is 0 Å². The maximum atomic E-state index is 12.5. The number of nitrogens with one attached hydrogen (secondary N) is 2. The smallest absolute Gasteiger partial charge is 0.271 e. The molecule has 2 amide bonds. The van der Waals surface area contributed by atoms with Crippen LogP contribution in [-0.4, -0.2) is 17.5 Å². The van der Waals surface area contributed by atoms with Gasteiger partial charge in [-0.25, -0.2) is 5.43 Å². The molecule has 3 rings (SSSR count). The van der Waals surface area contributed by atoms with E-state index in [-0.39, 0.29) is 18.2 Å². The molecule has 7 heteroatoms. The van der Waals surface area contributed by atoms with E-state index in [2.05, 4.69) is 15.8 Å². The number of halogens is 2. The highest BCUT2D eigenvalue weighted by atomic mass is 35.5. The monoisotopic (exact) mass is 413 g/mol. The van der Waals surface area contributed by atoms with E-state index in [0.717, 1.165) is 10.8 Å². The van der Waals surface area contributed by atoms with Crippen molar-refractivity contribution >= 4 is 57.2 Å². The molecule has 0 atom stereocenters. The molecule has 142 valence electrons. The van der Waals surface area contributed by atoms with E-state index in [9.17, 15) is 9.59 Å². The number of hydrogen-bond donors (Lipinski definition) is 2. The first kappa shape index (κ1) is 19.9. The Bertz CT molecular complexity index is 1070. The lowest BCUT2D eigenvalue weighted by Gasteiger charge is -2.07. The fourth-order valence-corrected chi connectivity index (χ4v) is 2.98. The van der Waals surface area contributed by atoms with Crippen LogP contribution >= 0.6 is 23.2 Å². The summed E-state index contributed by atoms with van der Waals surface area (Å²) in [7, 11) is 0. The maximum absolute atomic E-state index is 12.5. The zero-order valence-corrected chi connectivity index (χ0v) is 16.5. The molecule has 28 heavy (non-hydrogen) atoms. The van der Waals surface area contributed by atoms with Gasteiger partial charge in [-0.1, -0.05) is 59.6 Å². The molecule has 5 nitrogen and oxygen atoms in total. The quantitative estimate of drug-likeness (QED) is 0.441. The van der Waals surface area contributed by atoms with Gasteiger partial charge in [0.1, 0.15) is 0 Å². The number of fused-ring (bicyclic) bond motifs is 1. The Hall–Kier alpha value is -2.89. The number of benzene rings is 3. The van der Waals surface area contributed by atoms with Crippen LogP contribution in [0.3, 0.4) is 0 Å². The van der Waals surface area contributed by atoms with Crippen LogP contribution < -0.4 is 10.7 Å². The molecule has 0 aromatic heterocycles. The first-order valence-corrected chi connectivity index (χ1v) is 9.26. The Balaban J connectivity index is 1.62. The predicted molar refractivity (Wildman–Crippen MR) is 114 cm³/mol. The number of hydrazone groups is 1. The second-order valence-corrected chi connectivity index (χ2v) is 6.98. The Morgan fingerprint density at radius 1 is 0.964 bits per heavy atom. The maximum Gasteiger partial charge on any atom is 0.271 e. The van der Waals surface area contributed by atoms with Crippen molar-refractivity contribution in [2.75, 3.05) is 5.32 Å². The summed E-state index contributed by atoms with van der Waals surface area (Å²) >= 11 is 11.8. The molecule has 0 saturated heterocycles. The van der Waals surface area contributed by atoms with Crippen LogP contribution in [0.2, 0.25) is 10.0 Å². The van der Waals surface area contributed by atoms with Gasteiger partial charge >= 0.3 is 0 Å². The standard InChI is InChI=1S/C21H17Cl2N3O2/c1-13(11-20(27)24-15-9-10-18(22)19(23)12-15)25-26-21(28)17-8-4-6-14-5-2-3-7-16(14)17/h2-10,12H,11H2,1H3,(H,24,27)(H,26,28). The molecular weight excluding hydrogens is 397 g/mol. The van der Waals surface area contributed by atoms with E-state index in [4.69, 9.17) is 23.2 Å².